The number of carbonyl (C=O) groups is 3. The highest BCUT2D eigenvalue weighted by atomic mass is 16.5. The van der Waals surface area contributed by atoms with E-state index in [0.717, 1.165) is 32.6 Å². The highest BCUT2D eigenvalue weighted by molar-refractivity contribution is 6.24. The molecule has 0 aliphatic carbocycles. The predicted octanol–water partition coefficient (Wildman–Crippen LogP) is 4.58. The number of fused-ring (bicyclic) bond motifs is 4. The maximum Gasteiger partial charge on any atom is 0.332 e. The second-order valence-corrected chi connectivity index (χ2v) is 9.34. The molecule has 3 aromatic carbocycles. The van der Waals surface area contributed by atoms with Crippen LogP contribution in [-0.2, 0) is 11.2 Å². The largest absolute Gasteiger partial charge is 0.497 e. The van der Waals surface area contributed by atoms with Gasteiger partial charge in [-0.05, 0) is 41.5 Å². The van der Waals surface area contributed by atoms with Crippen LogP contribution in [0.4, 0.5) is 10.5 Å². The van der Waals surface area contributed by atoms with Gasteiger partial charge in [-0.25, -0.2) is 9.69 Å². The summed E-state index contributed by atoms with van der Waals surface area (Å²) in [5, 5.41) is 3.77. The number of hydrogen-bond acceptors (Lipinski definition) is 4. The molecule has 2 N–H and O–H groups in total. The van der Waals surface area contributed by atoms with Crippen molar-refractivity contribution in [2.24, 2.45) is 0 Å². The van der Waals surface area contributed by atoms with Gasteiger partial charge in [0.15, 0.2) is 0 Å². The third-order valence-corrected chi connectivity index (χ3v) is 7.26. The number of H-pyrrole nitrogens is 1. The zero-order chi connectivity index (χ0) is 26.4. The minimum absolute atomic E-state index is 0.248. The number of para-hydroxylation sites is 2. The predicted molar refractivity (Wildman–Crippen MR) is 144 cm³/mol. The Morgan fingerprint density at radius 3 is 2.71 bits per heavy atom. The summed E-state index contributed by atoms with van der Waals surface area (Å²) in [5.74, 6) is -0.0873. The average molecular weight is 507 g/mol. The molecule has 1 saturated heterocycles. The Labute approximate surface area is 219 Å². The minimum Gasteiger partial charge on any atom is -0.497 e. The first-order chi connectivity index (χ1) is 18.5. The second-order valence-electron chi connectivity index (χ2n) is 9.34. The highest BCUT2D eigenvalue weighted by Crippen LogP contribution is 2.45. The molecule has 0 unspecified atom stereocenters. The lowest BCUT2D eigenvalue weighted by Crippen LogP contribution is -2.44. The van der Waals surface area contributed by atoms with Gasteiger partial charge in [0, 0.05) is 29.6 Å². The Bertz CT molecular complexity index is 1610. The highest BCUT2D eigenvalue weighted by Gasteiger charge is 2.53. The van der Waals surface area contributed by atoms with Crippen molar-refractivity contribution in [3.8, 4) is 5.75 Å². The normalized spacial score (nSPS) is 18.3. The number of methoxy groups -OCH3 is 1. The molecule has 3 heterocycles. The van der Waals surface area contributed by atoms with E-state index in [2.05, 4.69) is 16.9 Å². The van der Waals surface area contributed by atoms with Crippen LogP contribution < -0.4 is 15.0 Å². The maximum absolute atomic E-state index is 14.1. The fourth-order valence-electron chi connectivity index (χ4n) is 5.58. The first-order valence-corrected chi connectivity index (χ1v) is 12.4. The zero-order valence-corrected chi connectivity index (χ0v) is 20.8. The maximum atomic E-state index is 14.1. The monoisotopic (exact) mass is 506 g/mol. The number of aromatic nitrogens is 1. The first kappa shape index (κ1) is 23.5. The van der Waals surface area contributed by atoms with Gasteiger partial charge >= 0.3 is 6.03 Å². The summed E-state index contributed by atoms with van der Waals surface area (Å²) in [4.78, 5) is 47.3. The number of benzene rings is 3. The number of imide groups is 1. The van der Waals surface area contributed by atoms with Crippen molar-refractivity contribution in [2.45, 2.75) is 18.5 Å². The second kappa shape index (κ2) is 9.23. The van der Waals surface area contributed by atoms with Gasteiger partial charge in [0.25, 0.3) is 11.8 Å². The van der Waals surface area contributed by atoms with Gasteiger partial charge in [0.1, 0.15) is 17.8 Å². The minimum atomic E-state index is -0.727. The number of ether oxygens (including phenoxy) is 1. The summed E-state index contributed by atoms with van der Waals surface area (Å²) in [7, 11) is 1.60. The Kier molecular flexibility index (Phi) is 5.72. The SMILES string of the molecule is C=CCNC(=O)c1ccccc1N1C(=O)[C@@H]2Cc3c([nH]c4ccccc34)[C@H](c3cccc(OC)c3)N2C1=O. The van der Waals surface area contributed by atoms with E-state index < -0.39 is 18.1 Å². The third kappa shape index (κ3) is 3.56. The number of nitrogens with zero attached hydrogens (tertiary/aromatic N) is 2. The molecule has 0 saturated carbocycles. The molecule has 0 bridgehead atoms. The number of aromatic amines is 1. The smallest absolute Gasteiger partial charge is 0.332 e. The van der Waals surface area contributed by atoms with E-state index in [1.807, 2.05) is 48.5 Å². The Morgan fingerprint density at radius 1 is 1.11 bits per heavy atom. The van der Waals surface area contributed by atoms with Crippen LogP contribution in [0.2, 0.25) is 0 Å². The fourth-order valence-corrected chi connectivity index (χ4v) is 5.58. The van der Waals surface area contributed by atoms with E-state index in [4.69, 9.17) is 4.74 Å². The van der Waals surface area contributed by atoms with Crippen LogP contribution in [0.15, 0.2) is 85.5 Å². The van der Waals surface area contributed by atoms with Crippen LogP contribution in [0.5, 0.6) is 5.75 Å². The van der Waals surface area contributed by atoms with Crippen molar-refractivity contribution in [3.05, 3.63) is 108 Å². The Morgan fingerprint density at radius 2 is 1.89 bits per heavy atom. The number of amides is 4. The van der Waals surface area contributed by atoms with E-state index in [0.29, 0.717) is 12.2 Å². The van der Waals surface area contributed by atoms with Gasteiger partial charge in [-0.2, -0.15) is 0 Å². The molecular weight excluding hydrogens is 480 g/mol. The van der Waals surface area contributed by atoms with Gasteiger partial charge in [-0.15, -0.1) is 6.58 Å². The lowest BCUT2D eigenvalue weighted by atomic mass is 9.89. The molecular formula is C30H26N4O4. The van der Waals surface area contributed by atoms with Gasteiger partial charge in [0.05, 0.1) is 18.4 Å². The number of nitrogens with one attached hydrogen (secondary N) is 2. The molecule has 2 aliphatic heterocycles. The standard InChI is InChI=1S/C30H26N4O4/c1-3-15-31-28(35)21-12-5-7-14-24(21)34-29(36)25-17-22-20-11-4-6-13-23(20)32-26(22)27(33(25)30(34)37)18-9-8-10-19(16-18)38-2/h3-14,16,25,27,32H,1,15,17H2,2H3,(H,31,35)/t25-,27-/m0/s1. The van der Waals surface area contributed by atoms with Crippen LogP contribution in [0.1, 0.15) is 33.2 Å². The van der Waals surface area contributed by atoms with Gasteiger partial charge in [-0.3, -0.25) is 14.5 Å². The molecule has 1 fully saturated rings. The van der Waals surface area contributed by atoms with Crippen LogP contribution in [0.3, 0.4) is 0 Å². The van der Waals surface area contributed by atoms with E-state index >= 15 is 0 Å². The molecule has 8 nitrogen and oxygen atoms in total. The molecule has 190 valence electrons. The molecule has 4 aromatic rings. The van der Waals surface area contributed by atoms with Gasteiger partial charge in [-0.1, -0.05) is 48.5 Å². The lowest BCUT2D eigenvalue weighted by molar-refractivity contribution is -0.120. The summed E-state index contributed by atoms with van der Waals surface area (Å²) in [5.41, 5.74) is 4.16. The molecule has 2 atom stereocenters. The summed E-state index contributed by atoms with van der Waals surface area (Å²) < 4.78 is 5.47. The van der Waals surface area contributed by atoms with E-state index in [-0.39, 0.29) is 29.6 Å². The summed E-state index contributed by atoms with van der Waals surface area (Å²) in [6, 6.07) is 20.4. The van der Waals surface area contributed by atoms with Crippen molar-refractivity contribution in [3.63, 3.8) is 0 Å². The number of rotatable bonds is 6. The third-order valence-electron chi connectivity index (χ3n) is 7.26. The van der Waals surface area contributed by atoms with Crippen LogP contribution in [-0.4, -0.2) is 47.4 Å². The lowest BCUT2D eigenvalue weighted by Gasteiger charge is -2.36. The Balaban J connectivity index is 1.50. The summed E-state index contributed by atoms with van der Waals surface area (Å²) in [6.45, 7) is 3.90. The molecule has 8 heteroatoms. The molecule has 0 radical (unpaired) electrons. The fraction of sp³-hybridized carbons (Fsp3) is 0.167. The number of urea groups is 1. The van der Waals surface area contributed by atoms with Crippen molar-refractivity contribution in [1.29, 1.82) is 0 Å². The van der Waals surface area contributed by atoms with Gasteiger partial charge in [0.2, 0.25) is 0 Å². The Hall–Kier alpha value is -4.85. The average Bonchev–Trinajstić information content (AvgIpc) is 3.44. The van der Waals surface area contributed by atoms with Crippen LogP contribution >= 0.6 is 0 Å². The topological polar surface area (TPSA) is 94.7 Å². The quantitative estimate of drug-likeness (QED) is 0.296. The van der Waals surface area contributed by atoms with E-state index in [1.165, 1.54) is 0 Å². The zero-order valence-electron chi connectivity index (χ0n) is 20.8. The summed E-state index contributed by atoms with van der Waals surface area (Å²) >= 11 is 0. The number of carbonyl (C=O) groups excluding carboxylic acids is 3. The van der Waals surface area contributed by atoms with Crippen LogP contribution in [0.25, 0.3) is 10.9 Å². The van der Waals surface area contributed by atoms with Crippen molar-refractivity contribution >= 4 is 34.4 Å². The van der Waals surface area contributed by atoms with Crippen molar-refractivity contribution in [2.75, 3.05) is 18.6 Å². The van der Waals surface area contributed by atoms with Crippen molar-refractivity contribution in [1.82, 2.24) is 15.2 Å². The van der Waals surface area contributed by atoms with Crippen molar-refractivity contribution < 1.29 is 19.1 Å². The molecule has 1 aromatic heterocycles. The summed E-state index contributed by atoms with van der Waals surface area (Å²) in [6.07, 6.45) is 1.94. The molecule has 4 amide bonds. The molecule has 38 heavy (non-hydrogen) atoms. The van der Waals surface area contributed by atoms with E-state index in [1.54, 1.807) is 42.4 Å². The number of hydrogen-bond donors (Lipinski definition) is 2. The molecule has 2 aliphatic rings. The van der Waals surface area contributed by atoms with E-state index in [9.17, 15) is 14.4 Å². The molecule has 6 rings (SSSR count). The van der Waals surface area contributed by atoms with Crippen LogP contribution in [0, 0.1) is 0 Å². The molecule has 0 spiro atoms. The number of anilines is 1. The first-order valence-electron chi connectivity index (χ1n) is 12.4. The van der Waals surface area contributed by atoms with Gasteiger partial charge < -0.3 is 15.0 Å².